The molecule has 98 valence electrons. The first-order valence-corrected chi connectivity index (χ1v) is 7.33. The van der Waals surface area contributed by atoms with Crippen molar-refractivity contribution in [3.8, 4) is 0 Å². The fourth-order valence-electron chi connectivity index (χ4n) is 3.31. The van der Waals surface area contributed by atoms with E-state index in [4.69, 9.17) is 11.6 Å². The van der Waals surface area contributed by atoms with Crippen molar-refractivity contribution in [3.05, 3.63) is 34.9 Å². The zero-order chi connectivity index (χ0) is 12.5. The van der Waals surface area contributed by atoms with E-state index in [1.54, 1.807) is 0 Å². The fourth-order valence-corrected chi connectivity index (χ4v) is 3.51. The molecule has 2 aliphatic rings. The maximum atomic E-state index is 6.27. The minimum atomic E-state index is 0.635. The normalized spacial score (nSPS) is 29.4. The zero-order valence-electron chi connectivity index (χ0n) is 11.0. The first kappa shape index (κ1) is 12.5. The van der Waals surface area contributed by atoms with Crippen LogP contribution in [0.5, 0.6) is 0 Å². The van der Waals surface area contributed by atoms with Crippen molar-refractivity contribution in [2.24, 2.45) is 0 Å². The molecule has 2 aliphatic heterocycles. The van der Waals surface area contributed by atoms with Gasteiger partial charge in [-0.1, -0.05) is 29.8 Å². The first-order chi connectivity index (χ1) is 8.74. The first-order valence-electron chi connectivity index (χ1n) is 6.95. The van der Waals surface area contributed by atoms with Crippen molar-refractivity contribution in [2.75, 3.05) is 19.6 Å². The van der Waals surface area contributed by atoms with Gasteiger partial charge in [0, 0.05) is 36.7 Å². The molecule has 2 fully saturated rings. The molecular formula is C15H21ClN2. The molecular weight excluding hydrogens is 244 g/mol. The molecule has 0 N–H and O–H groups in total. The number of rotatable bonds is 2. The number of nitrogens with zero attached hydrogens (tertiary/aromatic N) is 2. The van der Waals surface area contributed by atoms with Crippen LogP contribution in [0.3, 0.4) is 0 Å². The van der Waals surface area contributed by atoms with Gasteiger partial charge in [-0.15, -0.1) is 0 Å². The van der Waals surface area contributed by atoms with Crippen molar-refractivity contribution in [3.63, 3.8) is 0 Å². The molecule has 0 bridgehead atoms. The third-order valence-electron chi connectivity index (χ3n) is 4.40. The van der Waals surface area contributed by atoms with Gasteiger partial charge in [-0.05, 0) is 37.9 Å². The Balaban J connectivity index is 1.71. The Labute approximate surface area is 115 Å². The molecule has 0 aromatic heterocycles. The Morgan fingerprint density at radius 3 is 2.94 bits per heavy atom. The monoisotopic (exact) mass is 264 g/mol. The van der Waals surface area contributed by atoms with Crippen LogP contribution >= 0.6 is 11.6 Å². The van der Waals surface area contributed by atoms with Crippen LogP contribution in [0, 0.1) is 0 Å². The minimum Gasteiger partial charge on any atom is -0.298 e. The van der Waals surface area contributed by atoms with E-state index in [-0.39, 0.29) is 0 Å². The lowest BCUT2D eigenvalue weighted by Gasteiger charge is -2.42. The molecule has 1 aromatic carbocycles. The fraction of sp³-hybridized carbons (Fsp3) is 0.600. The van der Waals surface area contributed by atoms with Crippen molar-refractivity contribution >= 4 is 11.6 Å². The SMILES string of the molecule is CC1CN2CCCC2CN1Cc1ccccc1Cl. The molecule has 0 spiro atoms. The Morgan fingerprint density at radius 1 is 1.28 bits per heavy atom. The summed E-state index contributed by atoms with van der Waals surface area (Å²) >= 11 is 6.27. The van der Waals surface area contributed by atoms with Crippen LogP contribution in [-0.2, 0) is 6.54 Å². The van der Waals surface area contributed by atoms with E-state index >= 15 is 0 Å². The van der Waals surface area contributed by atoms with Crippen LogP contribution in [0.4, 0.5) is 0 Å². The zero-order valence-corrected chi connectivity index (χ0v) is 11.7. The lowest BCUT2D eigenvalue weighted by Crippen LogP contribution is -2.54. The van der Waals surface area contributed by atoms with Crippen molar-refractivity contribution < 1.29 is 0 Å². The number of benzene rings is 1. The van der Waals surface area contributed by atoms with E-state index in [9.17, 15) is 0 Å². The molecule has 3 heteroatoms. The second-order valence-electron chi connectivity index (χ2n) is 5.66. The lowest BCUT2D eigenvalue weighted by molar-refractivity contribution is 0.0540. The number of halogens is 1. The van der Waals surface area contributed by atoms with Gasteiger partial charge in [0.2, 0.25) is 0 Å². The predicted octanol–water partition coefficient (Wildman–Crippen LogP) is 3.01. The molecule has 18 heavy (non-hydrogen) atoms. The van der Waals surface area contributed by atoms with E-state index in [0.717, 1.165) is 17.6 Å². The predicted molar refractivity (Wildman–Crippen MR) is 75.9 cm³/mol. The average Bonchev–Trinajstić information content (AvgIpc) is 2.79. The second kappa shape index (κ2) is 5.20. The summed E-state index contributed by atoms with van der Waals surface area (Å²) < 4.78 is 0. The summed E-state index contributed by atoms with van der Waals surface area (Å²) in [4.78, 5) is 5.25. The van der Waals surface area contributed by atoms with Crippen LogP contribution in [0.2, 0.25) is 5.02 Å². The van der Waals surface area contributed by atoms with Crippen LogP contribution in [0.15, 0.2) is 24.3 Å². The maximum Gasteiger partial charge on any atom is 0.0451 e. The summed E-state index contributed by atoms with van der Waals surface area (Å²) in [7, 11) is 0. The standard InChI is InChI=1S/C15H21ClN2/c1-12-9-17-8-4-6-14(17)11-18(12)10-13-5-2-3-7-15(13)16/h2-3,5,7,12,14H,4,6,8-11H2,1H3. The quantitative estimate of drug-likeness (QED) is 0.810. The summed E-state index contributed by atoms with van der Waals surface area (Å²) in [5.74, 6) is 0. The van der Waals surface area contributed by atoms with Gasteiger partial charge in [0.1, 0.15) is 0 Å². The summed E-state index contributed by atoms with van der Waals surface area (Å²) in [5, 5.41) is 0.901. The lowest BCUT2D eigenvalue weighted by atomic mass is 10.1. The largest absolute Gasteiger partial charge is 0.298 e. The van der Waals surface area contributed by atoms with E-state index in [2.05, 4.69) is 28.9 Å². The van der Waals surface area contributed by atoms with Crippen LogP contribution in [0.25, 0.3) is 0 Å². The summed E-state index contributed by atoms with van der Waals surface area (Å²) in [6, 6.07) is 9.64. The van der Waals surface area contributed by atoms with Crippen LogP contribution in [0.1, 0.15) is 25.3 Å². The van der Waals surface area contributed by atoms with Crippen LogP contribution in [-0.4, -0.2) is 41.5 Å². The molecule has 0 saturated carbocycles. The van der Waals surface area contributed by atoms with Crippen LogP contribution < -0.4 is 0 Å². The third kappa shape index (κ3) is 2.42. The average molecular weight is 265 g/mol. The number of fused-ring (bicyclic) bond motifs is 1. The summed E-state index contributed by atoms with van der Waals surface area (Å²) in [6.45, 7) is 7.05. The Bertz CT molecular complexity index is 421. The minimum absolute atomic E-state index is 0.635. The van der Waals surface area contributed by atoms with Gasteiger partial charge in [0.15, 0.2) is 0 Å². The number of hydrogen-bond donors (Lipinski definition) is 0. The molecule has 2 heterocycles. The van der Waals surface area contributed by atoms with Gasteiger partial charge in [-0.2, -0.15) is 0 Å². The molecule has 1 aromatic rings. The highest BCUT2D eigenvalue weighted by molar-refractivity contribution is 6.31. The summed E-state index contributed by atoms with van der Waals surface area (Å²) in [6.07, 6.45) is 2.74. The molecule has 2 saturated heterocycles. The van der Waals surface area contributed by atoms with E-state index in [1.165, 1.54) is 38.0 Å². The van der Waals surface area contributed by atoms with Gasteiger partial charge in [0.05, 0.1) is 0 Å². The molecule has 0 aliphatic carbocycles. The van der Waals surface area contributed by atoms with Gasteiger partial charge >= 0.3 is 0 Å². The Kier molecular flexibility index (Phi) is 3.60. The molecule has 2 atom stereocenters. The van der Waals surface area contributed by atoms with Crippen molar-refractivity contribution in [1.82, 2.24) is 9.80 Å². The van der Waals surface area contributed by atoms with E-state index in [1.807, 2.05) is 12.1 Å². The molecule has 3 rings (SSSR count). The van der Waals surface area contributed by atoms with Crippen molar-refractivity contribution in [1.29, 1.82) is 0 Å². The second-order valence-corrected chi connectivity index (χ2v) is 6.07. The highest BCUT2D eigenvalue weighted by Gasteiger charge is 2.34. The smallest absolute Gasteiger partial charge is 0.0451 e. The molecule has 2 unspecified atom stereocenters. The Morgan fingerprint density at radius 2 is 2.11 bits per heavy atom. The van der Waals surface area contributed by atoms with Gasteiger partial charge < -0.3 is 0 Å². The highest BCUT2D eigenvalue weighted by atomic mass is 35.5. The van der Waals surface area contributed by atoms with E-state index < -0.39 is 0 Å². The van der Waals surface area contributed by atoms with E-state index in [0.29, 0.717) is 6.04 Å². The van der Waals surface area contributed by atoms with Crippen molar-refractivity contribution in [2.45, 2.75) is 38.4 Å². The maximum absolute atomic E-state index is 6.27. The molecule has 2 nitrogen and oxygen atoms in total. The third-order valence-corrected chi connectivity index (χ3v) is 4.77. The van der Waals surface area contributed by atoms with Gasteiger partial charge in [0.25, 0.3) is 0 Å². The molecule has 0 amide bonds. The number of hydrogen-bond acceptors (Lipinski definition) is 2. The molecule has 0 radical (unpaired) electrons. The Hall–Kier alpha value is -0.570. The number of piperazine rings is 1. The van der Waals surface area contributed by atoms with Gasteiger partial charge in [-0.25, -0.2) is 0 Å². The van der Waals surface area contributed by atoms with Gasteiger partial charge in [-0.3, -0.25) is 9.80 Å². The topological polar surface area (TPSA) is 6.48 Å². The highest BCUT2D eigenvalue weighted by Crippen LogP contribution is 2.27. The summed E-state index contributed by atoms with van der Waals surface area (Å²) in [5.41, 5.74) is 1.26.